The third-order valence-electron chi connectivity index (χ3n) is 4.10. The molecule has 1 amide bonds. The van der Waals surface area contributed by atoms with E-state index in [2.05, 4.69) is 17.1 Å². The van der Waals surface area contributed by atoms with E-state index in [-0.39, 0.29) is 18.4 Å². The number of hydrogen-bond donors (Lipinski definition) is 1. The van der Waals surface area contributed by atoms with Crippen LogP contribution in [0.3, 0.4) is 0 Å². The van der Waals surface area contributed by atoms with Crippen molar-refractivity contribution >= 4 is 18.3 Å². The molecular weight excluding hydrogens is 236 g/mol. The fourth-order valence-electron chi connectivity index (χ4n) is 2.91. The zero-order valence-electron chi connectivity index (χ0n) is 10.8. The minimum atomic E-state index is 0. The van der Waals surface area contributed by atoms with Crippen LogP contribution in [-0.4, -0.2) is 36.5 Å². The number of halogens is 1. The lowest BCUT2D eigenvalue weighted by molar-refractivity contribution is -0.133. The van der Waals surface area contributed by atoms with Gasteiger partial charge in [0.15, 0.2) is 0 Å². The van der Waals surface area contributed by atoms with Crippen LogP contribution >= 0.6 is 12.4 Å². The van der Waals surface area contributed by atoms with E-state index in [4.69, 9.17) is 0 Å². The van der Waals surface area contributed by atoms with Crippen molar-refractivity contribution in [3.63, 3.8) is 0 Å². The van der Waals surface area contributed by atoms with Crippen molar-refractivity contribution < 1.29 is 4.79 Å². The summed E-state index contributed by atoms with van der Waals surface area (Å²) in [5.41, 5.74) is 0. The van der Waals surface area contributed by atoms with E-state index in [0.717, 1.165) is 38.4 Å². The number of hydrogen-bond acceptors (Lipinski definition) is 2. The predicted octanol–water partition coefficient (Wildman–Crippen LogP) is 2.20. The van der Waals surface area contributed by atoms with Gasteiger partial charge in [0.25, 0.3) is 0 Å². The molecule has 2 aliphatic heterocycles. The Balaban J connectivity index is 0.00000144. The summed E-state index contributed by atoms with van der Waals surface area (Å²) in [6, 6.07) is 0.123. The second-order valence-electron chi connectivity index (χ2n) is 5.18. The Bertz CT molecular complexity index is 242. The van der Waals surface area contributed by atoms with E-state index in [0.29, 0.717) is 5.91 Å². The van der Waals surface area contributed by atoms with E-state index < -0.39 is 0 Å². The molecule has 0 spiro atoms. The van der Waals surface area contributed by atoms with Gasteiger partial charge < -0.3 is 10.2 Å². The van der Waals surface area contributed by atoms with Crippen LogP contribution in [0.1, 0.15) is 45.4 Å². The molecule has 17 heavy (non-hydrogen) atoms. The number of carbonyl (C=O) groups is 1. The van der Waals surface area contributed by atoms with Crippen LogP contribution in [0.2, 0.25) is 0 Å². The standard InChI is InChI=1S/C13H24N2O.ClH/c1-2-11-5-4-9-15(10-7-11)13(16)12-6-3-8-14-12;/h11-12,14H,2-10H2,1H3;1H. The summed E-state index contributed by atoms with van der Waals surface area (Å²) in [7, 11) is 0. The van der Waals surface area contributed by atoms with Crippen LogP contribution in [0.4, 0.5) is 0 Å². The molecule has 2 atom stereocenters. The van der Waals surface area contributed by atoms with Gasteiger partial charge >= 0.3 is 0 Å². The van der Waals surface area contributed by atoms with Crippen molar-refractivity contribution in [2.45, 2.75) is 51.5 Å². The molecule has 2 saturated heterocycles. The Morgan fingerprint density at radius 2 is 2.06 bits per heavy atom. The number of nitrogens with one attached hydrogen (secondary N) is 1. The van der Waals surface area contributed by atoms with Crippen LogP contribution in [0.15, 0.2) is 0 Å². The minimum Gasteiger partial charge on any atom is -0.341 e. The molecule has 4 heteroatoms. The van der Waals surface area contributed by atoms with Gasteiger partial charge in [-0.2, -0.15) is 0 Å². The van der Waals surface area contributed by atoms with Gasteiger partial charge in [0.1, 0.15) is 0 Å². The summed E-state index contributed by atoms with van der Waals surface area (Å²) < 4.78 is 0. The van der Waals surface area contributed by atoms with Gasteiger partial charge in [0, 0.05) is 13.1 Å². The van der Waals surface area contributed by atoms with Crippen LogP contribution in [0.5, 0.6) is 0 Å². The lowest BCUT2D eigenvalue weighted by Crippen LogP contribution is -2.44. The average molecular weight is 261 g/mol. The quantitative estimate of drug-likeness (QED) is 0.826. The van der Waals surface area contributed by atoms with Crippen molar-refractivity contribution in [2.24, 2.45) is 5.92 Å². The van der Waals surface area contributed by atoms with Gasteiger partial charge in [-0.3, -0.25) is 4.79 Å². The molecule has 0 aromatic carbocycles. The van der Waals surface area contributed by atoms with E-state index in [1.807, 2.05) is 0 Å². The zero-order chi connectivity index (χ0) is 11.4. The van der Waals surface area contributed by atoms with Crippen molar-refractivity contribution in [3.05, 3.63) is 0 Å². The van der Waals surface area contributed by atoms with E-state index in [1.165, 1.54) is 25.7 Å². The molecule has 2 fully saturated rings. The minimum absolute atomic E-state index is 0. The molecule has 2 unspecified atom stereocenters. The highest BCUT2D eigenvalue weighted by molar-refractivity contribution is 5.85. The predicted molar refractivity (Wildman–Crippen MR) is 72.5 cm³/mol. The molecule has 3 nitrogen and oxygen atoms in total. The summed E-state index contributed by atoms with van der Waals surface area (Å²) >= 11 is 0. The highest BCUT2D eigenvalue weighted by Crippen LogP contribution is 2.21. The molecule has 2 heterocycles. The molecule has 2 rings (SSSR count). The second-order valence-corrected chi connectivity index (χ2v) is 5.18. The SMILES string of the molecule is CCC1CCCN(C(=O)C2CCCN2)CC1.Cl. The molecule has 0 radical (unpaired) electrons. The zero-order valence-corrected chi connectivity index (χ0v) is 11.6. The third kappa shape index (κ3) is 3.85. The Labute approximate surface area is 111 Å². The van der Waals surface area contributed by atoms with Crippen molar-refractivity contribution in [3.8, 4) is 0 Å². The van der Waals surface area contributed by atoms with Crippen molar-refractivity contribution in [2.75, 3.05) is 19.6 Å². The number of likely N-dealkylation sites (tertiary alicyclic amines) is 1. The van der Waals surface area contributed by atoms with Crippen LogP contribution < -0.4 is 5.32 Å². The second kappa shape index (κ2) is 7.22. The summed E-state index contributed by atoms with van der Waals surface area (Å²) in [5, 5.41) is 3.31. The van der Waals surface area contributed by atoms with Crippen molar-refractivity contribution in [1.29, 1.82) is 0 Å². The fourth-order valence-corrected chi connectivity index (χ4v) is 2.91. The Morgan fingerprint density at radius 3 is 2.71 bits per heavy atom. The first-order valence-corrected chi connectivity index (χ1v) is 6.83. The molecule has 0 aromatic heterocycles. The van der Waals surface area contributed by atoms with Gasteiger partial charge in [-0.15, -0.1) is 12.4 Å². The lowest BCUT2D eigenvalue weighted by atomic mass is 9.98. The monoisotopic (exact) mass is 260 g/mol. The molecule has 2 aliphatic rings. The van der Waals surface area contributed by atoms with Gasteiger partial charge in [-0.05, 0) is 44.6 Å². The summed E-state index contributed by atoms with van der Waals surface area (Å²) in [6.45, 7) is 5.24. The Kier molecular flexibility index (Phi) is 6.28. The number of nitrogens with zero attached hydrogens (tertiary/aromatic N) is 1. The van der Waals surface area contributed by atoms with Crippen molar-refractivity contribution in [1.82, 2.24) is 10.2 Å². The molecule has 0 bridgehead atoms. The maximum absolute atomic E-state index is 12.2. The number of rotatable bonds is 2. The van der Waals surface area contributed by atoms with Gasteiger partial charge in [0.2, 0.25) is 5.91 Å². The van der Waals surface area contributed by atoms with E-state index >= 15 is 0 Å². The largest absolute Gasteiger partial charge is 0.341 e. The lowest BCUT2D eigenvalue weighted by Gasteiger charge is -2.24. The van der Waals surface area contributed by atoms with Crippen LogP contribution in [-0.2, 0) is 4.79 Å². The number of amides is 1. The van der Waals surface area contributed by atoms with Crippen LogP contribution in [0.25, 0.3) is 0 Å². The maximum Gasteiger partial charge on any atom is 0.239 e. The molecular formula is C13H25ClN2O. The van der Waals surface area contributed by atoms with Gasteiger partial charge in [0.05, 0.1) is 6.04 Å². The normalized spacial score (nSPS) is 29.6. The molecule has 100 valence electrons. The van der Waals surface area contributed by atoms with Crippen LogP contribution in [0, 0.1) is 5.92 Å². The smallest absolute Gasteiger partial charge is 0.239 e. The first-order valence-electron chi connectivity index (χ1n) is 6.83. The number of carbonyl (C=O) groups excluding carboxylic acids is 1. The Morgan fingerprint density at radius 1 is 1.24 bits per heavy atom. The van der Waals surface area contributed by atoms with E-state index in [9.17, 15) is 4.79 Å². The molecule has 0 aliphatic carbocycles. The molecule has 1 N–H and O–H groups in total. The third-order valence-corrected chi connectivity index (χ3v) is 4.10. The highest BCUT2D eigenvalue weighted by Gasteiger charge is 2.28. The first-order chi connectivity index (χ1) is 7.81. The molecule has 0 aromatic rings. The maximum atomic E-state index is 12.2. The average Bonchev–Trinajstić information content (AvgIpc) is 2.73. The summed E-state index contributed by atoms with van der Waals surface area (Å²) in [4.78, 5) is 14.3. The van der Waals surface area contributed by atoms with E-state index in [1.54, 1.807) is 0 Å². The fraction of sp³-hybridized carbons (Fsp3) is 0.923. The highest BCUT2D eigenvalue weighted by atomic mass is 35.5. The summed E-state index contributed by atoms with van der Waals surface area (Å²) in [5.74, 6) is 1.20. The molecule has 0 saturated carbocycles. The Hall–Kier alpha value is -0.280. The first kappa shape index (κ1) is 14.8. The summed E-state index contributed by atoms with van der Waals surface area (Å²) in [6.07, 6.45) is 7.16. The topological polar surface area (TPSA) is 32.3 Å². The van der Waals surface area contributed by atoms with Gasteiger partial charge in [-0.25, -0.2) is 0 Å². The van der Waals surface area contributed by atoms with Gasteiger partial charge in [-0.1, -0.05) is 13.3 Å².